The molecule has 0 saturated heterocycles. The van der Waals surface area contributed by atoms with E-state index in [1.165, 1.54) is 98.7 Å². The van der Waals surface area contributed by atoms with E-state index in [-0.39, 0.29) is 0 Å². The monoisotopic (exact) mass is 770 g/mol. The summed E-state index contributed by atoms with van der Waals surface area (Å²) in [5, 5.41) is 8.01. The minimum Gasteiger partial charge on any atom is -0.309 e. The molecule has 0 radical (unpaired) electrons. The average molecular weight is 771 g/mol. The summed E-state index contributed by atoms with van der Waals surface area (Å²) in [5.41, 5.74) is 14.7. The van der Waals surface area contributed by atoms with Crippen molar-refractivity contribution in [3.63, 3.8) is 0 Å². The maximum atomic E-state index is 2.50. The van der Waals surface area contributed by atoms with Crippen LogP contribution in [-0.2, 0) is 0 Å². The highest BCUT2D eigenvalue weighted by Crippen LogP contribution is 2.51. The predicted molar refractivity (Wildman–Crippen MR) is 253 cm³/mol. The molecular formula is C56H42N2Si. The van der Waals surface area contributed by atoms with E-state index >= 15 is 0 Å². The maximum Gasteiger partial charge on any atom is 0.179 e. The molecule has 2 nitrogen and oxygen atoms in total. The highest BCUT2D eigenvalue weighted by atomic mass is 28.3. The van der Waals surface area contributed by atoms with Crippen LogP contribution >= 0.6 is 0 Å². The molecule has 0 N–H and O–H groups in total. The second-order valence-electron chi connectivity index (χ2n) is 15.8. The fourth-order valence-electron chi connectivity index (χ4n) is 9.97. The van der Waals surface area contributed by atoms with Gasteiger partial charge in [-0.25, -0.2) is 0 Å². The van der Waals surface area contributed by atoms with Crippen molar-refractivity contribution in [1.82, 2.24) is 4.57 Å². The van der Waals surface area contributed by atoms with Crippen LogP contribution in [0.15, 0.2) is 218 Å². The lowest BCUT2D eigenvalue weighted by Gasteiger charge is -2.36. The lowest BCUT2D eigenvalue weighted by atomic mass is 9.95. The third kappa shape index (κ3) is 5.39. The molecule has 1 aliphatic heterocycles. The smallest absolute Gasteiger partial charge is 0.179 e. The van der Waals surface area contributed by atoms with E-state index in [0.29, 0.717) is 0 Å². The van der Waals surface area contributed by atoms with Crippen molar-refractivity contribution in [3.05, 3.63) is 230 Å². The summed E-state index contributed by atoms with van der Waals surface area (Å²) in [7, 11) is -2.88. The Morgan fingerprint density at radius 2 is 0.695 bits per heavy atom. The molecular weight excluding hydrogens is 729 g/mol. The molecule has 3 heteroatoms. The largest absolute Gasteiger partial charge is 0.309 e. The van der Waals surface area contributed by atoms with E-state index in [2.05, 4.69) is 242 Å². The molecule has 2 heterocycles. The highest BCUT2D eigenvalue weighted by Gasteiger charge is 2.42. The predicted octanol–water partition coefficient (Wildman–Crippen LogP) is 11.9. The summed E-state index contributed by atoms with van der Waals surface area (Å²) in [4.78, 5) is 2.49. The lowest BCUT2D eigenvalue weighted by Crippen LogP contribution is -2.74. The first-order chi connectivity index (χ1) is 29.1. The van der Waals surface area contributed by atoms with Crippen molar-refractivity contribution in [2.45, 2.75) is 13.8 Å². The highest BCUT2D eigenvalue weighted by molar-refractivity contribution is 7.19. The Balaban J connectivity index is 1.14. The second-order valence-corrected chi connectivity index (χ2v) is 19.6. The molecule has 280 valence electrons. The van der Waals surface area contributed by atoms with Crippen LogP contribution in [0.25, 0.3) is 49.7 Å². The van der Waals surface area contributed by atoms with Crippen LogP contribution in [0.3, 0.4) is 0 Å². The van der Waals surface area contributed by atoms with Gasteiger partial charge in [-0.15, -0.1) is 0 Å². The second kappa shape index (κ2) is 14.0. The van der Waals surface area contributed by atoms with Gasteiger partial charge in [-0.3, -0.25) is 0 Å². The Morgan fingerprint density at radius 3 is 1.17 bits per heavy atom. The summed E-state index contributed by atoms with van der Waals surface area (Å²) in [6, 6.07) is 81.3. The fraction of sp³-hybridized carbons (Fsp3) is 0.0357. The Hall–Kier alpha value is -7.20. The molecule has 0 amide bonds. The van der Waals surface area contributed by atoms with Gasteiger partial charge >= 0.3 is 0 Å². The first kappa shape index (κ1) is 35.0. The van der Waals surface area contributed by atoms with Gasteiger partial charge in [0, 0.05) is 33.3 Å². The number of hydrogen-bond donors (Lipinski definition) is 0. The molecule has 1 aliphatic rings. The van der Waals surface area contributed by atoms with Crippen LogP contribution in [0.2, 0.25) is 0 Å². The Labute approximate surface area is 346 Å². The average Bonchev–Trinajstić information content (AvgIpc) is 3.56. The lowest BCUT2D eigenvalue weighted by molar-refractivity contribution is 1.15. The molecule has 0 spiro atoms. The van der Waals surface area contributed by atoms with Crippen LogP contribution in [0.4, 0.5) is 17.1 Å². The van der Waals surface area contributed by atoms with Gasteiger partial charge < -0.3 is 9.47 Å². The van der Waals surface area contributed by atoms with Gasteiger partial charge in [0.25, 0.3) is 0 Å². The van der Waals surface area contributed by atoms with Gasteiger partial charge in [0.05, 0.1) is 22.4 Å². The summed E-state index contributed by atoms with van der Waals surface area (Å²) < 4.78 is 2.45. The zero-order valence-electron chi connectivity index (χ0n) is 33.2. The van der Waals surface area contributed by atoms with E-state index in [1.807, 2.05) is 0 Å². The fourth-order valence-corrected chi connectivity index (χ4v) is 14.9. The van der Waals surface area contributed by atoms with Crippen LogP contribution in [0.5, 0.6) is 0 Å². The van der Waals surface area contributed by atoms with E-state index in [4.69, 9.17) is 0 Å². The van der Waals surface area contributed by atoms with Crippen molar-refractivity contribution in [2.75, 3.05) is 4.90 Å². The molecule has 10 aromatic rings. The maximum absolute atomic E-state index is 2.88. The van der Waals surface area contributed by atoms with E-state index in [0.717, 1.165) is 0 Å². The van der Waals surface area contributed by atoms with Crippen LogP contribution < -0.4 is 25.6 Å². The van der Waals surface area contributed by atoms with Gasteiger partial charge in [-0.2, -0.15) is 0 Å². The van der Waals surface area contributed by atoms with E-state index < -0.39 is 8.07 Å². The van der Waals surface area contributed by atoms with Gasteiger partial charge in [0.2, 0.25) is 0 Å². The molecule has 11 rings (SSSR count). The first-order valence-corrected chi connectivity index (χ1v) is 22.5. The first-order valence-electron chi connectivity index (χ1n) is 20.5. The third-order valence-electron chi connectivity index (χ3n) is 12.5. The van der Waals surface area contributed by atoms with Crippen molar-refractivity contribution in [3.8, 4) is 27.9 Å². The molecule has 59 heavy (non-hydrogen) atoms. The Kier molecular flexibility index (Phi) is 8.31. The van der Waals surface area contributed by atoms with Gasteiger partial charge in [-0.1, -0.05) is 182 Å². The number of aromatic nitrogens is 1. The molecule has 9 aromatic carbocycles. The topological polar surface area (TPSA) is 8.17 Å². The zero-order chi connectivity index (χ0) is 39.5. The summed E-state index contributed by atoms with van der Waals surface area (Å²) in [5.74, 6) is 0. The van der Waals surface area contributed by atoms with Crippen molar-refractivity contribution in [2.24, 2.45) is 0 Å². The Bertz CT molecular complexity index is 3040. The number of benzene rings is 9. The molecule has 0 bridgehead atoms. The van der Waals surface area contributed by atoms with E-state index in [1.54, 1.807) is 0 Å². The summed E-state index contributed by atoms with van der Waals surface area (Å²) in [6.07, 6.45) is 0. The number of nitrogens with zero attached hydrogens (tertiary/aromatic N) is 2. The van der Waals surface area contributed by atoms with E-state index in [9.17, 15) is 0 Å². The van der Waals surface area contributed by atoms with Crippen LogP contribution in [-0.4, -0.2) is 12.6 Å². The zero-order valence-corrected chi connectivity index (χ0v) is 34.2. The minimum atomic E-state index is -2.88. The minimum absolute atomic E-state index is 1.18. The van der Waals surface area contributed by atoms with Gasteiger partial charge in [0.1, 0.15) is 0 Å². The number of aryl methyl sites for hydroxylation is 2. The van der Waals surface area contributed by atoms with Gasteiger partial charge in [-0.05, 0) is 93.2 Å². The van der Waals surface area contributed by atoms with Gasteiger partial charge in [0.15, 0.2) is 8.07 Å². The quantitative estimate of drug-likeness (QED) is 0.121. The summed E-state index contributed by atoms with van der Waals surface area (Å²) in [6.45, 7) is 4.59. The summed E-state index contributed by atoms with van der Waals surface area (Å²) >= 11 is 0. The number of rotatable bonds is 6. The Morgan fingerprint density at radius 1 is 0.305 bits per heavy atom. The molecule has 0 saturated carbocycles. The van der Waals surface area contributed by atoms with Crippen molar-refractivity contribution < 1.29 is 0 Å². The normalized spacial score (nSPS) is 12.2. The molecule has 0 fully saturated rings. The van der Waals surface area contributed by atoms with Crippen molar-refractivity contribution >= 4 is 67.7 Å². The molecule has 0 unspecified atom stereocenters. The number of anilines is 3. The number of hydrogen-bond acceptors (Lipinski definition) is 1. The number of para-hydroxylation sites is 4. The van der Waals surface area contributed by atoms with Crippen molar-refractivity contribution in [1.29, 1.82) is 0 Å². The third-order valence-corrected chi connectivity index (χ3v) is 17.3. The molecule has 0 aliphatic carbocycles. The van der Waals surface area contributed by atoms with Crippen LogP contribution in [0, 0.1) is 13.8 Å². The molecule has 0 atom stereocenters. The SMILES string of the molecule is Cc1cc([Si](c2ccccc2)(c2ccccc2)c2ccc(-n3c4ccccc4c4ccccc43)c(C)c2)ccc1N1c2ccccc2-c2ccccc2-c2ccccc21. The molecule has 1 aromatic heterocycles. The number of fused-ring (bicyclic) bond motifs is 8. The van der Waals surface area contributed by atoms with Crippen LogP contribution in [0.1, 0.15) is 11.1 Å². The standard InChI is InChI=1S/C56H42N2Si/c1-39-37-43(33-35-51(39)57-53-29-15-11-25-47(53)45-23-9-10-24-46(45)48-26-12-16-30-54(48)57)59(41-19-5-3-6-20-41,42-21-7-4-8-22-42)44-34-36-52(40(2)38-44)58-55-31-17-13-27-49(55)50-28-14-18-32-56(50)58/h3-38H,1-2H3.